The summed E-state index contributed by atoms with van der Waals surface area (Å²) in [4.78, 5) is 50.7. The van der Waals surface area contributed by atoms with Gasteiger partial charge in [0.1, 0.15) is 11.8 Å². The molecular formula is C25H25N3O6S. The molecule has 1 aromatic heterocycles. The largest absolute Gasteiger partial charge is 0.460 e. The van der Waals surface area contributed by atoms with E-state index in [1.165, 1.54) is 4.68 Å². The fraction of sp³-hybridized carbons (Fsp3) is 0.280. The molecule has 1 aliphatic heterocycles. The minimum absolute atomic E-state index is 0.0358. The highest BCUT2D eigenvalue weighted by atomic mass is 32.2. The van der Waals surface area contributed by atoms with E-state index < -0.39 is 23.9 Å². The number of rotatable bonds is 7. The van der Waals surface area contributed by atoms with Crippen LogP contribution in [0.2, 0.25) is 0 Å². The zero-order valence-corrected chi connectivity index (χ0v) is 20.3. The molecule has 4 rings (SSSR count). The van der Waals surface area contributed by atoms with E-state index in [9.17, 15) is 19.2 Å². The highest BCUT2D eigenvalue weighted by Gasteiger charge is 2.35. The number of hydrogen-bond acceptors (Lipinski definition) is 7. The second-order valence-corrected chi connectivity index (χ2v) is 9.16. The molecule has 0 aliphatic carbocycles. The fourth-order valence-corrected chi connectivity index (χ4v) is 4.64. The van der Waals surface area contributed by atoms with E-state index in [2.05, 4.69) is 5.32 Å². The third-order valence-corrected chi connectivity index (χ3v) is 6.73. The molecule has 1 saturated heterocycles. The van der Waals surface area contributed by atoms with Gasteiger partial charge in [0.15, 0.2) is 0 Å². The average molecular weight is 496 g/mol. The quantitative estimate of drug-likeness (QED) is 0.396. The summed E-state index contributed by atoms with van der Waals surface area (Å²) in [7, 11) is 1.75. The number of para-hydroxylation sites is 1. The maximum Gasteiger partial charge on any atom is 0.347 e. The Balaban J connectivity index is 1.45. The number of hydrogen-bond donors (Lipinski definition) is 1. The Morgan fingerprint density at radius 1 is 1.11 bits per heavy atom. The number of ether oxygens (including phenoxy) is 2. The van der Waals surface area contributed by atoms with Crippen molar-refractivity contribution in [1.82, 2.24) is 9.36 Å². The molecule has 0 unspecified atom stereocenters. The van der Waals surface area contributed by atoms with Gasteiger partial charge in [-0.3, -0.25) is 14.3 Å². The monoisotopic (exact) mass is 495 g/mol. The Morgan fingerprint density at radius 2 is 1.80 bits per heavy atom. The topological polar surface area (TPSA) is 109 Å². The van der Waals surface area contributed by atoms with Crippen LogP contribution >= 0.6 is 11.8 Å². The van der Waals surface area contributed by atoms with Gasteiger partial charge in [0.05, 0.1) is 22.7 Å². The predicted octanol–water partition coefficient (Wildman–Crippen LogP) is 3.08. The van der Waals surface area contributed by atoms with E-state index in [4.69, 9.17) is 9.47 Å². The molecule has 35 heavy (non-hydrogen) atoms. The molecular weight excluding hydrogens is 470 g/mol. The van der Waals surface area contributed by atoms with Gasteiger partial charge in [-0.2, -0.15) is 0 Å². The molecule has 9 nitrogen and oxygen atoms in total. The Labute approximate surface area is 206 Å². The van der Waals surface area contributed by atoms with E-state index >= 15 is 0 Å². The Hall–Kier alpha value is -3.79. The normalized spacial score (nSPS) is 17.2. The number of benzene rings is 2. The highest BCUT2D eigenvalue weighted by Crippen LogP contribution is 2.26. The van der Waals surface area contributed by atoms with E-state index in [-0.39, 0.29) is 28.7 Å². The molecule has 1 fully saturated rings. The maximum atomic E-state index is 13.0. The van der Waals surface area contributed by atoms with Crippen molar-refractivity contribution < 1.29 is 23.9 Å². The van der Waals surface area contributed by atoms with Gasteiger partial charge in [-0.05, 0) is 38.1 Å². The van der Waals surface area contributed by atoms with E-state index in [1.54, 1.807) is 49.8 Å². The summed E-state index contributed by atoms with van der Waals surface area (Å²) in [6, 6.07) is 15.8. The minimum Gasteiger partial charge on any atom is -0.460 e. The number of cyclic esters (lactones) is 1. The summed E-state index contributed by atoms with van der Waals surface area (Å²) < 4.78 is 13.5. The van der Waals surface area contributed by atoms with Crippen molar-refractivity contribution in [3.63, 3.8) is 0 Å². The summed E-state index contributed by atoms with van der Waals surface area (Å²) in [5.41, 5.74) is 1.41. The van der Waals surface area contributed by atoms with Crippen molar-refractivity contribution in [1.29, 1.82) is 0 Å². The van der Waals surface area contributed by atoms with Crippen LogP contribution in [-0.4, -0.2) is 45.2 Å². The maximum absolute atomic E-state index is 13.0. The fourth-order valence-electron chi connectivity index (χ4n) is 3.80. The van der Waals surface area contributed by atoms with E-state index in [0.29, 0.717) is 22.7 Å². The van der Waals surface area contributed by atoms with Gasteiger partial charge in [0.25, 0.3) is 5.56 Å². The molecule has 2 aromatic carbocycles. The van der Waals surface area contributed by atoms with Crippen LogP contribution in [0.3, 0.4) is 0 Å². The van der Waals surface area contributed by atoms with Crippen molar-refractivity contribution in [3.05, 3.63) is 76.2 Å². The summed E-state index contributed by atoms with van der Waals surface area (Å²) >= 11 is 1.14. The second kappa shape index (κ2) is 10.2. The van der Waals surface area contributed by atoms with Crippen LogP contribution in [0.4, 0.5) is 5.69 Å². The first-order valence-corrected chi connectivity index (χ1v) is 12.0. The van der Waals surface area contributed by atoms with Crippen LogP contribution in [0.25, 0.3) is 5.69 Å². The number of thioether (sulfide) groups is 1. The van der Waals surface area contributed by atoms with Gasteiger partial charge >= 0.3 is 11.9 Å². The van der Waals surface area contributed by atoms with Gasteiger partial charge in [0.2, 0.25) is 12.0 Å². The molecule has 2 heterocycles. The average Bonchev–Trinajstić information content (AvgIpc) is 3.27. The first-order valence-electron chi connectivity index (χ1n) is 11.0. The molecule has 1 N–H and O–H groups in total. The van der Waals surface area contributed by atoms with E-state index in [1.807, 2.05) is 30.3 Å². The molecule has 1 aliphatic rings. The Morgan fingerprint density at radius 3 is 2.49 bits per heavy atom. The minimum atomic E-state index is -0.938. The van der Waals surface area contributed by atoms with Crippen molar-refractivity contribution >= 4 is 35.3 Å². The number of aromatic nitrogens is 2. The summed E-state index contributed by atoms with van der Waals surface area (Å²) in [6.45, 7) is 3.49. The molecule has 0 bridgehead atoms. The number of anilines is 1. The van der Waals surface area contributed by atoms with Gasteiger partial charge in [-0.1, -0.05) is 30.3 Å². The smallest absolute Gasteiger partial charge is 0.347 e. The number of nitrogens with zero attached hydrogens (tertiary/aromatic N) is 2. The number of amides is 1. The molecule has 10 heteroatoms. The Kier molecular flexibility index (Phi) is 7.11. The molecule has 0 spiro atoms. The van der Waals surface area contributed by atoms with Crippen LogP contribution in [0.15, 0.2) is 64.3 Å². The number of nitrogens with one attached hydrogen (secondary N) is 1. The van der Waals surface area contributed by atoms with Crippen LogP contribution in [0.1, 0.15) is 29.4 Å². The third kappa shape index (κ3) is 5.17. The first-order chi connectivity index (χ1) is 16.8. The van der Waals surface area contributed by atoms with Crippen LogP contribution < -0.4 is 10.9 Å². The molecule has 2 atom stereocenters. The molecule has 3 aromatic rings. The van der Waals surface area contributed by atoms with Gasteiger partial charge in [-0.25, -0.2) is 14.3 Å². The lowest BCUT2D eigenvalue weighted by atomic mass is 10.2. The number of carbonyl (C=O) groups excluding carboxylic acids is 3. The number of carbonyl (C=O) groups is 3. The van der Waals surface area contributed by atoms with Crippen molar-refractivity contribution in [3.8, 4) is 5.69 Å². The summed E-state index contributed by atoms with van der Waals surface area (Å²) in [5.74, 6) is -1.65. The SMILES string of the molecule is Cc1c(NC(=O)CSc2ccccc2C(=O)O[C@@H]2C[C@@H](C)OC2=O)c(=O)n(-c2ccccc2)n1C. The standard InChI is InChI=1S/C25H25N3O6S/c1-15-13-19(25(32)33-15)34-24(31)18-11-7-8-12-20(18)35-14-21(29)26-22-16(2)27(3)28(23(22)30)17-9-5-4-6-10-17/h4-12,15,19H,13-14H2,1-3H3,(H,26,29)/t15-,19-/m1/s1. The number of esters is 2. The second-order valence-electron chi connectivity index (χ2n) is 8.15. The molecule has 0 radical (unpaired) electrons. The van der Waals surface area contributed by atoms with E-state index in [0.717, 1.165) is 11.8 Å². The van der Waals surface area contributed by atoms with Gasteiger partial charge < -0.3 is 14.8 Å². The highest BCUT2D eigenvalue weighted by molar-refractivity contribution is 8.00. The molecule has 1 amide bonds. The predicted molar refractivity (Wildman–Crippen MR) is 131 cm³/mol. The lowest BCUT2D eigenvalue weighted by Gasteiger charge is -2.11. The Bertz CT molecular complexity index is 1330. The zero-order valence-electron chi connectivity index (χ0n) is 19.5. The van der Waals surface area contributed by atoms with Crippen molar-refractivity contribution in [2.45, 2.75) is 37.4 Å². The lowest BCUT2D eigenvalue weighted by molar-refractivity contribution is -0.147. The first kappa shape index (κ1) is 24.3. The molecule has 0 saturated carbocycles. The lowest BCUT2D eigenvalue weighted by Crippen LogP contribution is -2.24. The zero-order chi connectivity index (χ0) is 25.1. The summed E-state index contributed by atoms with van der Waals surface area (Å²) in [5, 5.41) is 2.71. The van der Waals surface area contributed by atoms with Crippen LogP contribution in [-0.2, 0) is 26.1 Å². The van der Waals surface area contributed by atoms with Gasteiger partial charge in [-0.15, -0.1) is 11.8 Å². The molecule has 182 valence electrons. The van der Waals surface area contributed by atoms with Crippen LogP contribution in [0, 0.1) is 6.92 Å². The van der Waals surface area contributed by atoms with Crippen molar-refractivity contribution in [2.24, 2.45) is 7.05 Å². The summed E-state index contributed by atoms with van der Waals surface area (Å²) in [6.07, 6.45) is -0.938. The van der Waals surface area contributed by atoms with Gasteiger partial charge in [0, 0.05) is 18.4 Å². The van der Waals surface area contributed by atoms with Crippen molar-refractivity contribution in [2.75, 3.05) is 11.1 Å². The van der Waals surface area contributed by atoms with Crippen LogP contribution in [0.5, 0.6) is 0 Å². The third-order valence-electron chi connectivity index (χ3n) is 5.66.